The molecule has 0 fully saturated rings. The van der Waals surface area contributed by atoms with Gasteiger partial charge in [0.05, 0.1) is 17.2 Å². The van der Waals surface area contributed by atoms with E-state index in [4.69, 9.17) is 4.74 Å². The van der Waals surface area contributed by atoms with Crippen LogP contribution in [0.5, 0.6) is 0 Å². The van der Waals surface area contributed by atoms with Gasteiger partial charge in [-0.1, -0.05) is 18.2 Å². The molecule has 0 bridgehead atoms. The summed E-state index contributed by atoms with van der Waals surface area (Å²) in [6.07, 6.45) is -0.362. The van der Waals surface area contributed by atoms with Gasteiger partial charge in [-0.05, 0) is 24.6 Å². The van der Waals surface area contributed by atoms with E-state index >= 15 is 0 Å². The third-order valence-corrected chi connectivity index (χ3v) is 6.65. The van der Waals surface area contributed by atoms with Gasteiger partial charge in [0.15, 0.2) is 0 Å². The van der Waals surface area contributed by atoms with Gasteiger partial charge in [0.2, 0.25) is 0 Å². The van der Waals surface area contributed by atoms with E-state index in [9.17, 15) is 8.42 Å². The highest BCUT2D eigenvalue weighted by molar-refractivity contribution is 7.93. The van der Waals surface area contributed by atoms with Crippen LogP contribution in [0.2, 0.25) is 0 Å². The standard InChI is InChI=1S/C15H18N2O3S2/c1-16-8-9-20-14-11-5-3-4-6-12(11)17(2)22(18,19)13-7-10-21-15(13)14/h3-7,10,14,16H,8-9H2,1-2H3. The first kappa shape index (κ1) is 15.5. The predicted molar refractivity (Wildman–Crippen MR) is 88.1 cm³/mol. The molecule has 0 saturated heterocycles. The van der Waals surface area contributed by atoms with Crippen LogP contribution in [0.1, 0.15) is 16.5 Å². The van der Waals surface area contributed by atoms with Crippen LogP contribution in [0.15, 0.2) is 40.6 Å². The quantitative estimate of drug-likeness (QED) is 0.869. The molecule has 0 spiro atoms. The van der Waals surface area contributed by atoms with Gasteiger partial charge in [-0.15, -0.1) is 11.3 Å². The van der Waals surface area contributed by atoms with Gasteiger partial charge in [-0.3, -0.25) is 4.31 Å². The largest absolute Gasteiger partial charge is 0.366 e. The number of ether oxygens (including phenoxy) is 1. The summed E-state index contributed by atoms with van der Waals surface area (Å²) in [5.74, 6) is 0. The molecule has 22 heavy (non-hydrogen) atoms. The van der Waals surface area contributed by atoms with Crippen LogP contribution < -0.4 is 9.62 Å². The molecule has 0 saturated carbocycles. The van der Waals surface area contributed by atoms with E-state index < -0.39 is 10.0 Å². The summed E-state index contributed by atoms with van der Waals surface area (Å²) in [4.78, 5) is 1.08. The van der Waals surface area contributed by atoms with Crippen LogP contribution in [-0.4, -0.2) is 35.7 Å². The molecule has 3 rings (SSSR count). The number of anilines is 1. The summed E-state index contributed by atoms with van der Waals surface area (Å²) < 4.78 is 32.9. The molecule has 1 aliphatic rings. The molecule has 118 valence electrons. The van der Waals surface area contributed by atoms with E-state index in [0.29, 0.717) is 23.7 Å². The molecule has 1 aromatic heterocycles. The minimum atomic E-state index is -3.54. The molecular weight excluding hydrogens is 320 g/mol. The number of likely N-dealkylation sites (N-methyl/N-ethyl adjacent to an activating group) is 1. The first-order chi connectivity index (χ1) is 10.6. The Kier molecular flexibility index (Phi) is 4.22. The summed E-state index contributed by atoms with van der Waals surface area (Å²) in [5, 5.41) is 4.84. The molecule has 7 heteroatoms. The van der Waals surface area contributed by atoms with E-state index in [-0.39, 0.29) is 6.10 Å². The lowest BCUT2D eigenvalue weighted by atomic mass is 10.1. The Morgan fingerprint density at radius 3 is 2.86 bits per heavy atom. The highest BCUT2D eigenvalue weighted by Crippen LogP contribution is 2.43. The first-order valence-electron chi connectivity index (χ1n) is 6.99. The number of nitrogens with one attached hydrogen (secondary N) is 1. The SMILES string of the molecule is CNCCOC1c2ccccc2N(C)S(=O)(=O)c2ccsc21. The number of rotatable bonds is 4. The predicted octanol–water partition coefficient (Wildman–Crippen LogP) is 2.21. The Bertz CT molecular complexity index is 771. The van der Waals surface area contributed by atoms with Crippen molar-refractivity contribution < 1.29 is 13.2 Å². The maximum absolute atomic E-state index is 12.8. The molecule has 1 atom stereocenters. The van der Waals surface area contributed by atoms with E-state index in [1.165, 1.54) is 15.6 Å². The van der Waals surface area contributed by atoms with Crippen molar-refractivity contribution in [1.82, 2.24) is 5.32 Å². The Balaban J connectivity index is 2.17. The lowest BCUT2D eigenvalue weighted by molar-refractivity contribution is 0.0844. The fraction of sp³-hybridized carbons (Fsp3) is 0.333. The van der Waals surface area contributed by atoms with Crippen molar-refractivity contribution in [1.29, 1.82) is 0 Å². The topological polar surface area (TPSA) is 58.6 Å². The maximum atomic E-state index is 12.8. The zero-order valence-corrected chi connectivity index (χ0v) is 14.1. The number of sulfonamides is 1. The summed E-state index contributed by atoms with van der Waals surface area (Å²) in [7, 11) is -0.0935. The molecule has 1 unspecified atom stereocenters. The first-order valence-corrected chi connectivity index (χ1v) is 9.31. The molecule has 1 aliphatic heterocycles. The normalized spacial score (nSPS) is 19.4. The molecule has 5 nitrogen and oxygen atoms in total. The van der Waals surface area contributed by atoms with Crippen LogP contribution in [-0.2, 0) is 14.8 Å². The third kappa shape index (κ3) is 2.44. The van der Waals surface area contributed by atoms with Crippen molar-refractivity contribution >= 4 is 27.0 Å². The van der Waals surface area contributed by atoms with Gasteiger partial charge >= 0.3 is 0 Å². The summed E-state index contributed by atoms with van der Waals surface area (Å²) in [6, 6.07) is 9.16. The minimum Gasteiger partial charge on any atom is -0.366 e. The number of hydrogen-bond donors (Lipinski definition) is 1. The smallest absolute Gasteiger partial charge is 0.265 e. The van der Waals surface area contributed by atoms with Gasteiger partial charge < -0.3 is 10.1 Å². The van der Waals surface area contributed by atoms with E-state index in [1.54, 1.807) is 18.5 Å². The highest BCUT2D eigenvalue weighted by Gasteiger charge is 2.36. The number of para-hydroxylation sites is 1. The Hall–Kier alpha value is -1.41. The van der Waals surface area contributed by atoms with Crippen LogP contribution in [0.25, 0.3) is 0 Å². The van der Waals surface area contributed by atoms with Crippen LogP contribution in [0.4, 0.5) is 5.69 Å². The fourth-order valence-corrected chi connectivity index (χ4v) is 5.29. The molecule has 0 amide bonds. The number of hydrogen-bond acceptors (Lipinski definition) is 5. The Labute approximate surface area is 134 Å². The molecule has 1 N–H and O–H groups in total. The van der Waals surface area contributed by atoms with Gasteiger partial charge in [-0.25, -0.2) is 8.42 Å². The van der Waals surface area contributed by atoms with Crippen molar-refractivity contribution in [2.75, 3.05) is 31.6 Å². The van der Waals surface area contributed by atoms with Crippen molar-refractivity contribution in [3.05, 3.63) is 46.2 Å². The van der Waals surface area contributed by atoms with E-state index in [0.717, 1.165) is 10.4 Å². The molecule has 0 radical (unpaired) electrons. The van der Waals surface area contributed by atoms with Gasteiger partial charge in [0.25, 0.3) is 10.0 Å². The van der Waals surface area contributed by atoms with Crippen molar-refractivity contribution in [3.8, 4) is 0 Å². The van der Waals surface area contributed by atoms with Crippen molar-refractivity contribution in [3.63, 3.8) is 0 Å². The Morgan fingerprint density at radius 1 is 1.32 bits per heavy atom. The maximum Gasteiger partial charge on any atom is 0.265 e. The second-order valence-corrected chi connectivity index (χ2v) is 7.92. The van der Waals surface area contributed by atoms with E-state index in [1.807, 2.05) is 31.3 Å². The van der Waals surface area contributed by atoms with Gasteiger partial charge in [0.1, 0.15) is 11.0 Å². The second-order valence-electron chi connectivity index (χ2n) is 5.03. The molecule has 2 heterocycles. The van der Waals surface area contributed by atoms with E-state index in [2.05, 4.69) is 5.32 Å². The number of thiophene rings is 1. The van der Waals surface area contributed by atoms with Crippen molar-refractivity contribution in [2.24, 2.45) is 0 Å². The second kappa shape index (κ2) is 6.00. The van der Waals surface area contributed by atoms with Crippen LogP contribution in [0.3, 0.4) is 0 Å². The highest BCUT2D eigenvalue weighted by atomic mass is 32.2. The molecule has 2 aromatic rings. The van der Waals surface area contributed by atoms with Crippen LogP contribution in [0, 0.1) is 0 Å². The average molecular weight is 338 g/mol. The number of benzene rings is 1. The molecule has 0 aliphatic carbocycles. The fourth-order valence-electron chi connectivity index (χ4n) is 2.57. The zero-order valence-electron chi connectivity index (χ0n) is 12.4. The Morgan fingerprint density at radius 2 is 2.09 bits per heavy atom. The molecule has 1 aromatic carbocycles. The lowest BCUT2D eigenvalue weighted by Crippen LogP contribution is -2.26. The number of nitrogens with zero attached hydrogens (tertiary/aromatic N) is 1. The zero-order chi connectivity index (χ0) is 15.7. The minimum absolute atomic E-state index is 0.339. The molecular formula is C15H18N2O3S2. The monoisotopic (exact) mass is 338 g/mol. The summed E-state index contributed by atoms with van der Waals surface area (Å²) >= 11 is 1.42. The van der Waals surface area contributed by atoms with Crippen LogP contribution >= 0.6 is 11.3 Å². The van der Waals surface area contributed by atoms with Gasteiger partial charge in [0, 0.05) is 19.2 Å². The summed E-state index contributed by atoms with van der Waals surface area (Å²) in [5.41, 5.74) is 1.55. The summed E-state index contributed by atoms with van der Waals surface area (Å²) in [6.45, 7) is 1.22. The number of fused-ring (bicyclic) bond motifs is 2. The van der Waals surface area contributed by atoms with Gasteiger partial charge in [-0.2, -0.15) is 0 Å². The lowest BCUT2D eigenvalue weighted by Gasteiger charge is -2.21. The van der Waals surface area contributed by atoms with Crippen molar-refractivity contribution in [2.45, 2.75) is 11.0 Å². The third-order valence-electron chi connectivity index (χ3n) is 3.73. The average Bonchev–Trinajstić information content (AvgIpc) is 2.99.